The minimum atomic E-state index is -1.07. The Morgan fingerprint density at radius 1 is 1.26 bits per heavy atom. The molecule has 5 rings (SSSR count). The molecule has 2 heterocycles. The number of amides is 1. The summed E-state index contributed by atoms with van der Waals surface area (Å²) in [7, 11) is 1.71. The molecule has 3 aromatic rings. The number of aromatic nitrogens is 1. The number of ether oxygens (including phenoxy) is 1. The van der Waals surface area contributed by atoms with Crippen molar-refractivity contribution in [3.63, 3.8) is 0 Å². The molecule has 2 atom stereocenters. The van der Waals surface area contributed by atoms with E-state index in [1.807, 2.05) is 18.3 Å². The van der Waals surface area contributed by atoms with Crippen LogP contribution in [0.3, 0.4) is 0 Å². The molecule has 3 N–H and O–H groups in total. The SMILES string of the molecule is COc1cc(C)c2[nH]ccc2c1CN1CCC2(CC(C#N)C2)C[C@H]1c1ccc(C(=O)N[C@H](C)C(=O)O)cc1. The highest BCUT2D eigenvalue weighted by Gasteiger charge is 2.49. The molecule has 38 heavy (non-hydrogen) atoms. The van der Waals surface area contributed by atoms with Crippen LogP contribution in [0.15, 0.2) is 42.6 Å². The molecule has 1 aromatic heterocycles. The quantitative estimate of drug-likeness (QED) is 0.411. The summed E-state index contributed by atoms with van der Waals surface area (Å²) in [6.45, 7) is 5.15. The highest BCUT2D eigenvalue weighted by atomic mass is 16.5. The van der Waals surface area contributed by atoms with Crippen molar-refractivity contribution in [2.75, 3.05) is 13.7 Å². The Morgan fingerprint density at radius 3 is 2.66 bits per heavy atom. The highest BCUT2D eigenvalue weighted by Crippen LogP contribution is 2.56. The smallest absolute Gasteiger partial charge is 0.325 e. The average molecular weight is 515 g/mol. The molecule has 1 saturated carbocycles. The molecular weight excluding hydrogens is 480 g/mol. The van der Waals surface area contributed by atoms with Crippen molar-refractivity contribution < 1.29 is 19.4 Å². The van der Waals surface area contributed by atoms with Gasteiger partial charge in [0.1, 0.15) is 11.8 Å². The van der Waals surface area contributed by atoms with E-state index in [-0.39, 0.29) is 17.4 Å². The van der Waals surface area contributed by atoms with Gasteiger partial charge in [-0.1, -0.05) is 12.1 Å². The van der Waals surface area contributed by atoms with E-state index < -0.39 is 17.9 Å². The predicted octanol–water partition coefficient (Wildman–Crippen LogP) is 4.94. The van der Waals surface area contributed by atoms with Gasteiger partial charge in [-0.15, -0.1) is 0 Å². The summed E-state index contributed by atoms with van der Waals surface area (Å²) < 4.78 is 5.82. The number of aryl methyl sites for hydroxylation is 1. The van der Waals surface area contributed by atoms with Gasteiger partial charge >= 0.3 is 5.97 Å². The Morgan fingerprint density at radius 2 is 2.00 bits per heavy atom. The average Bonchev–Trinajstić information content (AvgIpc) is 3.40. The van der Waals surface area contributed by atoms with E-state index in [4.69, 9.17) is 9.84 Å². The molecule has 8 nitrogen and oxygen atoms in total. The van der Waals surface area contributed by atoms with Crippen molar-refractivity contribution >= 4 is 22.8 Å². The summed E-state index contributed by atoms with van der Waals surface area (Å²) in [6, 6.07) is 13.3. The fourth-order valence-electron chi connectivity index (χ4n) is 6.33. The lowest BCUT2D eigenvalue weighted by Crippen LogP contribution is -2.48. The third-order valence-corrected chi connectivity index (χ3v) is 8.51. The van der Waals surface area contributed by atoms with Crippen LogP contribution in [0.1, 0.15) is 65.7 Å². The summed E-state index contributed by atoms with van der Waals surface area (Å²) in [6.07, 6.45) is 5.86. The van der Waals surface area contributed by atoms with E-state index in [2.05, 4.69) is 40.3 Å². The summed E-state index contributed by atoms with van der Waals surface area (Å²) in [5, 5.41) is 22.2. The molecule has 1 amide bonds. The van der Waals surface area contributed by atoms with Crippen LogP contribution in [0, 0.1) is 29.6 Å². The van der Waals surface area contributed by atoms with Gasteiger partial charge in [0.2, 0.25) is 0 Å². The molecule has 2 aliphatic rings. The summed E-state index contributed by atoms with van der Waals surface area (Å²) in [5.41, 5.74) is 5.13. The number of benzene rings is 2. The Labute approximate surface area is 222 Å². The van der Waals surface area contributed by atoms with E-state index in [0.717, 1.165) is 72.1 Å². The summed E-state index contributed by atoms with van der Waals surface area (Å²) in [4.78, 5) is 29.5. The maximum atomic E-state index is 12.5. The van der Waals surface area contributed by atoms with Crippen molar-refractivity contribution in [3.8, 4) is 11.8 Å². The zero-order valence-corrected chi connectivity index (χ0v) is 22.1. The Kier molecular flexibility index (Phi) is 6.89. The third-order valence-electron chi connectivity index (χ3n) is 8.51. The third kappa shape index (κ3) is 4.74. The van der Waals surface area contributed by atoms with Gasteiger partial charge in [0.25, 0.3) is 5.91 Å². The molecule has 1 saturated heterocycles. The number of carbonyl (C=O) groups is 2. The van der Waals surface area contributed by atoms with E-state index in [1.165, 1.54) is 6.92 Å². The summed E-state index contributed by atoms with van der Waals surface area (Å²) >= 11 is 0. The van der Waals surface area contributed by atoms with Gasteiger partial charge < -0.3 is 20.1 Å². The van der Waals surface area contributed by atoms with Crippen LogP contribution in [-0.4, -0.2) is 46.6 Å². The number of aromatic amines is 1. The number of carboxylic acid groups (broad SMARTS) is 1. The molecule has 2 fully saturated rings. The number of nitrogens with one attached hydrogen (secondary N) is 2. The van der Waals surface area contributed by atoms with Crippen LogP contribution < -0.4 is 10.1 Å². The number of aliphatic carboxylic acids is 1. The molecule has 2 aromatic carbocycles. The number of nitrogens with zero attached hydrogens (tertiary/aromatic N) is 2. The number of carboxylic acids is 1. The van der Waals surface area contributed by atoms with Gasteiger partial charge in [0.15, 0.2) is 0 Å². The van der Waals surface area contributed by atoms with Crippen molar-refractivity contribution in [1.82, 2.24) is 15.2 Å². The number of methoxy groups -OCH3 is 1. The Bertz CT molecular complexity index is 1400. The number of rotatable bonds is 7. The van der Waals surface area contributed by atoms with Gasteiger partial charge in [-0.3, -0.25) is 14.5 Å². The lowest BCUT2D eigenvalue weighted by Gasteiger charge is -2.53. The van der Waals surface area contributed by atoms with Crippen LogP contribution in [0.5, 0.6) is 5.75 Å². The van der Waals surface area contributed by atoms with Crippen molar-refractivity contribution in [3.05, 3.63) is 64.8 Å². The van der Waals surface area contributed by atoms with Gasteiger partial charge in [0.05, 0.1) is 13.2 Å². The number of fused-ring (bicyclic) bond motifs is 1. The fraction of sp³-hybridized carbons (Fsp3) is 0.433. The second kappa shape index (κ2) is 10.1. The second-order valence-corrected chi connectivity index (χ2v) is 11.0. The lowest BCUT2D eigenvalue weighted by molar-refractivity contribution is -0.138. The zero-order valence-electron chi connectivity index (χ0n) is 22.1. The van der Waals surface area contributed by atoms with Crippen LogP contribution >= 0.6 is 0 Å². The number of piperidine rings is 1. The number of hydrogen-bond donors (Lipinski definition) is 3. The van der Waals surface area contributed by atoms with Gasteiger partial charge in [-0.05, 0) is 86.9 Å². The largest absolute Gasteiger partial charge is 0.496 e. The van der Waals surface area contributed by atoms with Gasteiger partial charge in [-0.2, -0.15) is 5.26 Å². The lowest BCUT2D eigenvalue weighted by atomic mass is 9.56. The Hall–Kier alpha value is -3.83. The number of H-pyrrole nitrogens is 1. The molecule has 1 aliphatic carbocycles. The van der Waals surface area contributed by atoms with Crippen LogP contribution in [0.4, 0.5) is 0 Å². The van der Waals surface area contributed by atoms with Crippen molar-refractivity contribution in [2.24, 2.45) is 11.3 Å². The van der Waals surface area contributed by atoms with E-state index in [9.17, 15) is 14.9 Å². The van der Waals surface area contributed by atoms with Crippen LogP contribution in [-0.2, 0) is 11.3 Å². The molecule has 0 bridgehead atoms. The molecule has 198 valence electrons. The first-order valence-corrected chi connectivity index (χ1v) is 13.1. The standard InChI is InChI=1S/C30H34N4O4/c1-18-12-26(38-3)24(23-8-10-32-27(18)23)17-34-11-9-30(13-20(14-30)16-31)15-25(34)21-4-6-22(7-5-21)28(35)33-19(2)29(36)37/h4-8,10,12,19-20,25,32H,9,11,13-15,17H2,1-3H3,(H,33,35)(H,36,37)/t19-,20?,25+,30?/m1/s1. The van der Waals surface area contributed by atoms with Crippen LogP contribution in [0.25, 0.3) is 10.9 Å². The number of nitriles is 1. The number of likely N-dealkylation sites (tertiary alicyclic amines) is 1. The predicted molar refractivity (Wildman–Crippen MR) is 144 cm³/mol. The topological polar surface area (TPSA) is 118 Å². The fourth-order valence-corrected chi connectivity index (χ4v) is 6.33. The molecule has 0 unspecified atom stereocenters. The van der Waals surface area contributed by atoms with Gasteiger partial charge in [0, 0.05) is 46.7 Å². The first kappa shape index (κ1) is 25.8. The summed E-state index contributed by atoms with van der Waals surface area (Å²) in [5.74, 6) is -0.460. The minimum absolute atomic E-state index is 0.124. The van der Waals surface area contributed by atoms with E-state index in [0.29, 0.717) is 5.56 Å². The number of carbonyl (C=O) groups excluding carboxylic acids is 1. The molecule has 1 aliphatic heterocycles. The van der Waals surface area contributed by atoms with E-state index >= 15 is 0 Å². The van der Waals surface area contributed by atoms with E-state index in [1.54, 1.807) is 19.2 Å². The monoisotopic (exact) mass is 514 g/mol. The highest BCUT2D eigenvalue weighted by molar-refractivity contribution is 5.96. The van der Waals surface area contributed by atoms with Crippen molar-refractivity contribution in [2.45, 2.75) is 58.2 Å². The maximum absolute atomic E-state index is 12.5. The Balaban J connectivity index is 1.44. The molecule has 1 spiro atoms. The zero-order chi connectivity index (χ0) is 27.0. The minimum Gasteiger partial charge on any atom is -0.496 e. The number of hydrogen-bond acceptors (Lipinski definition) is 5. The van der Waals surface area contributed by atoms with Gasteiger partial charge in [-0.25, -0.2) is 0 Å². The molecule has 0 radical (unpaired) electrons. The first-order valence-electron chi connectivity index (χ1n) is 13.1. The van der Waals surface area contributed by atoms with Crippen LogP contribution in [0.2, 0.25) is 0 Å². The normalized spacial score (nSPS) is 23.9. The van der Waals surface area contributed by atoms with Crippen molar-refractivity contribution in [1.29, 1.82) is 5.26 Å². The maximum Gasteiger partial charge on any atom is 0.325 e. The molecule has 8 heteroatoms. The second-order valence-electron chi connectivity index (χ2n) is 11.0. The first-order chi connectivity index (χ1) is 18.2. The molecular formula is C30H34N4O4.